The number of benzene rings is 2. The van der Waals surface area contributed by atoms with Crippen molar-refractivity contribution in [2.24, 2.45) is 4.99 Å². The lowest BCUT2D eigenvalue weighted by Gasteiger charge is -2.20. The van der Waals surface area contributed by atoms with E-state index in [-0.39, 0.29) is 41.6 Å². The molecule has 2 rings (SSSR count). The zero-order valence-electron chi connectivity index (χ0n) is 16.1. The first-order chi connectivity index (χ1) is 13.1. The van der Waals surface area contributed by atoms with E-state index < -0.39 is 10.8 Å². The normalized spacial score (nSPS) is 13.2. The predicted octanol–water partition coefficient (Wildman–Crippen LogP) is 3.57. The highest BCUT2D eigenvalue weighted by Gasteiger charge is 2.12. The maximum Gasteiger partial charge on any atom is 0.191 e. The molecule has 0 spiro atoms. The van der Waals surface area contributed by atoms with Crippen molar-refractivity contribution in [2.75, 3.05) is 25.9 Å². The zero-order chi connectivity index (χ0) is 19.5. The lowest BCUT2D eigenvalue weighted by molar-refractivity contribution is 0.191. The first-order valence-electron chi connectivity index (χ1n) is 8.93. The quantitative estimate of drug-likeness (QED) is 0.302. The van der Waals surface area contributed by atoms with Crippen molar-refractivity contribution in [1.29, 1.82) is 0 Å². The molecule has 0 heterocycles. The van der Waals surface area contributed by atoms with Crippen LogP contribution >= 0.6 is 24.0 Å². The number of para-hydroxylation sites is 1. The van der Waals surface area contributed by atoms with Gasteiger partial charge in [0.15, 0.2) is 17.5 Å². The summed E-state index contributed by atoms with van der Waals surface area (Å²) in [5.41, 5.74) is 0. The van der Waals surface area contributed by atoms with Gasteiger partial charge in [0.25, 0.3) is 0 Å². The topological polar surface area (TPSA) is 62.7 Å². The number of hydrogen-bond acceptors (Lipinski definition) is 3. The molecule has 2 aromatic rings. The van der Waals surface area contributed by atoms with Crippen LogP contribution < -0.4 is 15.4 Å². The standard InChI is InChI=1S/C20H26FN3O2S.HI/c1-3-16(26-19-12-8-7-11-18(19)21)15-24-20(22-2)23-13-14-27(25)17-9-5-4-6-10-17;/h4-12,16H,3,13-15H2,1-2H3,(H2,22,23,24);1H. The molecule has 5 nitrogen and oxygen atoms in total. The maximum atomic E-state index is 13.7. The monoisotopic (exact) mass is 519 g/mol. The van der Waals surface area contributed by atoms with E-state index in [1.165, 1.54) is 6.07 Å². The summed E-state index contributed by atoms with van der Waals surface area (Å²) < 4.78 is 31.7. The van der Waals surface area contributed by atoms with E-state index in [9.17, 15) is 8.60 Å². The smallest absolute Gasteiger partial charge is 0.191 e. The number of guanidine groups is 1. The molecule has 2 aromatic carbocycles. The fraction of sp³-hybridized carbons (Fsp3) is 0.350. The molecule has 0 aliphatic carbocycles. The molecule has 2 atom stereocenters. The Balaban J connectivity index is 0.00000392. The molecule has 0 saturated carbocycles. The molecule has 154 valence electrons. The second-order valence-corrected chi connectivity index (χ2v) is 7.39. The van der Waals surface area contributed by atoms with Crippen molar-refractivity contribution in [3.63, 3.8) is 0 Å². The third kappa shape index (κ3) is 8.14. The van der Waals surface area contributed by atoms with Gasteiger partial charge < -0.3 is 15.4 Å². The van der Waals surface area contributed by atoms with Gasteiger partial charge in [-0.05, 0) is 30.7 Å². The third-order valence-electron chi connectivity index (χ3n) is 3.89. The van der Waals surface area contributed by atoms with Crippen LogP contribution in [0.15, 0.2) is 64.5 Å². The van der Waals surface area contributed by atoms with E-state index in [1.807, 2.05) is 37.3 Å². The SMILES string of the molecule is CCC(CNC(=NC)NCCS(=O)c1ccccc1)Oc1ccccc1F.I. The zero-order valence-corrected chi connectivity index (χ0v) is 19.2. The van der Waals surface area contributed by atoms with Gasteiger partial charge in [0.05, 0.1) is 17.3 Å². The van der Waals surface area contributed by atoms with Gasteiger partial charge in [-0.25, -0.2) is 4.39 Å². The van der Waals surface area contributed by atoms with Gasteiger partial charge >= 0.3 is 0 Å². The molecule has 0 bridgehead atoms. The van der Waals surface area contributed by atoms with Crippen molar-refractivity contribution in [3.8, 4) is 5.75 Å². The number of nitrogens with one attached hydrogen (secondary N) is 2. The molecule has 28 heavy (non-hydrogen) atoms. The van der Waals surface area contributed by atoms with E-state index in [1.54, 1.807) is 25.2 Å². The predicted molar refractivity (Wildman–Crippen MR) is 124 cm³/mol. The average Bonchev–Trinajstić information content (AvgIpc) is 2.71. The van der Waals surface area contributed by atoms with Gasteiger partial charge in [-0.15, -0.1) is 24.0 Å². The number of ether oxygens (including phenoxy) is 1. The van der Waals surface area contributed by atoms with E-state index in [0.717, 1.165) is 11.3 Å². The largest absolute Gasteiger partial charge is 0.486 e. The number of nitrogens with zero attached hydrogens (tertiary/aromatic N) is 1. The first-order valence-corrected chi connectivity index (χ1v) is 10.2. The van der Waals surface area contributed by atoms with Crippen LogP contribution in [0.5, 0.6) is 5.75 Å². The maximum absolute atomic E-state index is 13.7. The van der Waals surface area contributed by atoms with Gasteiger partial charge in [0.1, 0.15) is 6.10 Å². The van der Waals surface area contributed by atoms with E-state index in [2.05, 4.69) is 15.6 Å². The summed E-state index contributed by atoms with van der Waals surface area (Å²) in [4.78, 5) is 4.97. The lowest BCUT2D eigenvalue weighted by Crippen LogP contribution is -2.43. The summed E-state index contributed by atoms with van der Waals surface area (Å²) in [7, 11) is 0.612. The minimum absolute atomic E-state index is 0. The summed E-state index contributed by atoms with van der Waals surface area (Å²) in [5.74, 6) is 0.943. The molecule has 0 saturated heterocycles. The van der Waals surface area contributed by atoms with Crippen molar-refractivity contribution < 1.29 is 13.3 Å². The Labute approximate surface area is 185 Å². The van der Waals surface area contributed by atoms with E-state index in [4.69, 9.17) is 4.74 Å². The van der Waals surface area contributed by atoms with Gasteiger partial charge in [0.2, 0.25) is 0 Å². The Morgan fingerprint density at radius 1 is 1.14 bits per heavy atom. The summed E-state index contributed by atoms with van der Waals surface area (Å²) in [6.45, 7) is 2.98. The molecule has 0 radical (unpaired) electrons. The second kappa shape index (κ2) is 13.5. The summed E-state index contributed by atoms with van der Waals surface area (Å²) >= 11 is 0. The number of hydrogen-bond donors (Lipinski definition) is 2. The average molecular weight is 519 g/mol. The fourth-order valence-electron chi connectivity index (χ4n) is 2.37. The Bertz CT molecular complexity index is 762. The van der Waals surface area contributed by atoms with Gasteiger partial charge in [-0.3, -0.25) is 9.20 Å². The molecule has 0 aliphatic rings. The summed E-state index contributed by atoms with van der Waals surface area (Å²) in [6.07, 6.45) is 0.523. The molecular weight excluding hydrogens is 492 g/mol. The Kier molecular flexibility index (Phi) is 11.7. The number of aliphatic imine (C=N–C) groups is 1. The van der Waals surface area contributed by atoms with Crippen LogP contribution in [-0.4, -0.2) is 42.2 Å². The Morgan fingerprint density at radius 3 is 2.46 bits per heavy atom. The highest BCUT2D eigenvalue weighted by Crippen LogP contribution is 2.17. The molecule has 0 aromatic heterocycles. The van der Waals surface area contributed by atoms with Crippen LogP contribution in [0.3, 0.4) is 0 Å². The van der Waals surface area contributed by atoms with Crippen molar-refractivity contribution in [3.05, 3.63) is 60.4 Å². The van der Waals surface area contributed by atoms with E-state index in [0.29, 0.717) is 24.8 Å². The first kappa shape index (κ1) is 24.4. The van der Waals surface area contributed by atoms with Crippen LogP contribution in [0.2, 0.25) is 0 Å². The van der Waals surface area contributed by atoms with Crippen LogP contribution in [-0.2, 0) is 10.8 Å². The van der Waals surface area contributed by atoms with Crippen LogP contribution in [0.25, 0.3) is 0 Å². The van der Waals surface area contributed by atoms with Crippen molar-refractivity contribution in [2.45, 2.75) is 24.3 Å². The van der Waals surface area contributed by atoms with Crippen molar-refractivity contribution >= 4 is 40.7 Å². The molecule has 2 unspecified atom stereocenters. The minimum atomic E-state index is -1.06. The molecule has 8 heteroatoms. The van der Waals surface area contributed by atoms with Gasteiger partial charge in [-0.1, -0.05) is 37.3 Å². The number of halogens is 2. The van der Waals surface area contributed by atoms with Crippen LogP contribution in [0.4, 0.5) is 4.39 Å². The van der Waals surface area contributed by atoms with Crippen LogP contribution in [0.1, 0.15) is 13.3 Å². The number of rotatable bonds is 9. The molecular formula is C20H27FIN3O2S. The Hall–Kier alpha value is -1.68. The van der Waals surface area contributed by atoms with Gasteiger partial charge in [-0.2, -0.15) is 0 Å². The molecule has 0 aliphatic heterocycles. The minimum Gasteiger partial charge on any atom is -0.486 e. The third-order valence-corrected chi connectivity index (χ3v) is 5.27. The van der Waals surface area contributed by atoms with Gasteiger partial charge in [0, 0.05) is 24.2 Å². The highest BCUT2D eigenvalue weighted by atomic mass is 127. The lowest BCUT2D eigenvalue weighted by atomic mass is 10.2. The second-order valence-electron chi connectivity index (χ2n) is 5.82. The highest BCUT2D eigenvalue weighted by molar-refractivity contribution is 14.0. The van der Waals surface area contributed by atoms with E-state index >= 15 is 0 Å². The Morgan fingerprint density at radius 2 is 1.82 bits per heavy atom. The summed E-state index contributed by atoms with van der Waals surface area (Å²) in [6, 6.07) is 15.7. The molecule has 2 N–H and O–H groups in total. The molecule has 0 fully saturated rings. The fourth-order valence-corrected chi connectivity index (χ4v) is 3.36. The summed E-state index contributed by atoms with van der Waals surface area (Å²) in [5, 5.41) is 6.31. The van der Waals surface area contributed by atoms with Crippen LogP contribution in [0, 0.1) is 5.82 Å². The molecule has 0 amide bonds. The van der Waals surface area contributed by atoms with Crippen molar-refractivity contribution in [1.82, 2.24) is 10.6 Å².